The van der Waals surface area contributed by atoms with Gasteiger partial charge in [0.1, 0.15) is 11.5 Å². The number of methoxy groups -OCH3 is 2. The van der Waals surface area contributed by atoms with Gasteiger partial charge in [-0.05, 0) is 85.1 Å². The number of rotatable bonds is 14. The molecule has 4 aromatic rings. The molecule has 1 amide bonds. The first-order valence-corrected chi connectivity index (χ1v) is 16.1. The van der Waals surface area contributed by atoms with Crippen LogP contribution in [-0.2, 0) is 10.0 Å². The fourth-order valence-electron chi connectivity index (χ4n) is 4.18. The quantitative estimate of drug-likeness (QED) is 0.118. The van der Waals surface area contributed by atoms with Crippen molar-refractivity contribution in [1.29, 1.82) is 0 Å². The summed E-state index contributed by atoms with van der Waals surface area (Å²) in [6.45, 7) is 5.01. The molecule has 42 heavy (non-hydrogen) atoms. The Kier molecular flexibility index (Phi) is 10.7. The number of sulfonamides is 1. The number of ether oxygens (including phenoxy) is 2. The topological polar surface area (TPSA) is 101 Å². The summed E-state index contributed by atoms with van der Waals surface area (Å²) in [5.74, 6) is 0.947. The number of unbranched alkanes of at least 4 members (excludes halogenated alkanes) is 2. The number of hydrogen-bond donors (Lipinski definition) is 0. The van der Waals surface area contributed by atoms with Gasteiger partial charge >= 0.3 is 0 Å². The maximum absolute atomic E-state index is 13.8. The zero-order valence-corrected chi connectivity index (χ0v) is 26.0. The largest absolute Gasteiger partial charge is 0.497 e. The van der Waals surface area contributed by atoms with Crippen molar-refractivity contribution in [3.05, 3.63) is 77.9 Å². The number of hydrogen-bond acceptors (Lipinski definition) is 8. The first kappa shape index (κ1) is 31.1. The minimum Gasteiger partial charge on any atom is -0.497 e. The Morgan fingerprint density at radius 2 is 1.52 bits per heavy atom. The van der Waals surface area contributed by atoms with Crippen LogP contribution >= 0.6 is 11.3 Å². The second kappa shape index (κ2) is 14.4. The molecular formula is C31H36N4O5S2. The van der Waals surface area contributed by atoms with Crippen LogP contribution in [0.1, 0.15) is 55.5 Å². The predicted octanol–water partition coefficient (Wildman–Crippen LogP) is 6.59. The lowest BCUT2D eigenvalue weighted by atomic mass is 10.2. The fraction of sp³-hybridized carbons (Fsp3) is 0.323. The Hall–Kier alpha value is -3.80. The molecule has 0 N–H and O–H groups in total. The second-order valence-electron chi connectivity index (χ2n) is 9.60. The third-order valence-electron chi connectivity index (χ3n) is 6.66. The fourth-order valence-corrected chi connectivity index (χ4v) is 6.64. The summed E-state index contributed by atoms with van der Waals surface area (Å²) < 4.78 is 39.8. The van der Waals surface area contributed by atoms with Gasteiger partial charge in [-0.2, -0.15) is 14.4 Å². The van der Waals surface area contributed by atoms with Crippen LogP contribution in [0.5, 0.6) is 11.5 Å². The van der Waals surface area contributed by atoms with Gasteiger partial charge in [0.05, 0.1) is 35.5 Å². The van der Waals surface area contributed by atoms with E-state index in [-0.39, 0.29) is 10.5 Å². The van der Waals surface area contributed by atoms with Gasteiger partial charge < -0.3 is 9.47 Å². The van der Waals surface area contributed by atoms with Crippen molar-refractivity contribution >= 4 is 48.8 Å². The van der Waals surface area contributed by atoms with E-state index in [4.69, 9.17) is 9.47 Å². The van der Waals surface area contributed by atoms with Gasteiger partial charge in [-0.1, -0.05) is 38.0 Å². The van der Waals surface area contributed by atoms with Crippen molar-refractivity contribution in [2.45, 2.75) is 44.4 Å². The number of hydrazone groups is 1. The molecular weight excluding hydrogens is 572 g/mol. The van der Waals surface area contributed by atoms with Crippen LogP contribution in [0.25, 0.3) is 10.2 Å². The number of nitrogens with zero attached hydrogens (tertiary/aromatic N) is 4. The molecule has 0 spiro atoms. The van der Waals surface area contributed by atoms with E-state index in [0.29, 0.717) is 35.2 Å². The number of benzene rings is 3. The lowest BCUT2D eigenvalue weighted by molar-refractivity contribution is 0.0987. The van der Waals surface area contributed by atoms with E-state index in [1.165, 1.54) is 44.9 Å². The number of anilines is 1. The Balaban J connectivity index is 1.67. The van der Waals surface area contributed by atoms with Gasteiger partial charge in [0, 0.05) is 18.7 Å². The summed E-state index contributed by atoms with van der Waals surface area (Å²) in [5, 5.41) is 6.12. The van der Waals surface area contributed by atoms with Gasteiger partial charge in [-0.25, -0.2) is 13.4 Å². The van der Waals surface area contributed by atoms with Crippen molar-refractivity contribution in [3.63, 3.8) is 0 Å². The number of fused-ring (bicyclic) bond motifs is 1. The Labute approximate surface area is 251 Å². The molecule has 4 rings (SSSR count). The van der Waals surface area contributed by atoms with Gasteiger partial charge in [-0.3, -0.25) is 4.79 Å². The molecule has 0 unspecified atom stereocenters. The van der Waals surface area contributed by atoms with Crippen molar-refractivity contribution < 1.29 is 22.7 Å². The minimum atomic E-state index is -3.69. The Morgan fingerprint density at radius 3 is 2.12 bits per heavy atom. The molecule has 0 bridgehead atoms. The molecule has 0 radical (unpaired) electrons. The van der Waals surface area contributed by atoms with Crippen molar-refractivity contribution in [3.8, 4) is 11.5 Å². The zero-order chi connectivity index (χ0) is 30.1. The zero-order valence-electron chi connectivity index (χ0n) is 24.3. The van der Waals surface area contributed by atoms with E-state index in [9.17, 15) is 13.2 Å². The third-order valence-corrected chi connectivity index (χ3v) is 9.56. The molecule has 0 atom stereocenters. The van der Waals surface area contributed by atoms with E-state index in [0.717, 1.165) is 35.9 Å². The summed E-state index contributed by atoms with van der Waals surface area (Å²) in [6, 6.07) is 18.8. The monoisotopic (exact) mass is 608 g/mol. The van der Waals surface area contributed by atoms with E-state index >= 15 is 0 Å². The maximum atomic E-state index is 13.8. The van der Waals surface area contributed by atoms with E-state index in [1.54, 1.807) is 32.6 Å². The molecule has 1 aromatic heterocycles. The van der Waals surface area contributed by atoms with Crippen LogP contribution in [-0.4, -0.2) is 57.1 Å². The molecule has 0 fully saturated rings. The van der Waals surface area contributed by atoms with E-state index < -0.39 is 15.9 Å². The van der Waals surface area contributed by atoms with Crippen LogP contribution in [0.15, 0.2) is 76.7 Å². The molecule has 0 aliphatic rings. The first-order chi connectivity index (χ1) is 20.3. The first-order valence-electron chi connectivity index (χ1n) is 13.9. The maximum Gasteiger partial charge on any atom is 0.280 e. The highest BCUT2D eigenvalue weighted by atomic mass is 32.2. The van der Waals surface area contributed by atoms with Gasteiger partial charge in [0.25, 0.3) is 5.91 Å². The minimum absolute atomic E-state index is 0.159. The average molecular weight is 609 g/mol. The molecule has 0 aliphatic carbocycles. The summed E-state index contributed by atoms with van der Waals surface area (Å²) in [5.41, 5.74) is 1.75. The number of aromatic nitrogens is 1. The highest BCUT2D eigenvalue weighted by Gasteiger charge is 2.26. The third kappa shape index (κ3) is 7.33. The van der Waals surface area contributed by atoms with Crippen LogP contribution < -0.4 is 14.5 Å². The number of amides is 1. The Morgan fingerprint density at radius 1 is 0.905 bits per heavy atom. The number of carbonyl (C=O) groups excluding carboxylic acids is 1. The van der Waals surface area contributed by atoms with Crippen LogP contribution in [0.3, 0.4) is 0 Å². The predicted molar refractivity (Wildman–Crippen MR) is 169 cm³/mol. The lowest BCUT2D eigenvalue weighted by Gasteiger charge is -2.22. The summed E-state index contributed by atoms with van der Waals surface area (Å²) >= 11 is 1.30. The molecule has 9 nitrogen and oxygen atoms in total. The van der Waals surface area contributed by atoms with Crippen molar-refractivity contribution in [1.82, 2.24) is 9.29 Å². The van der Waals surface area contributed by atoms with Gasteiger partial charge in [0.15, 0.2) is 0 Å². The standard InChI is InChI=1S/C31H36N4O5S2/c1-5-7-19-34(20-8-6-2)42(37,38)27-16-11-24(12-17-27)30(36)35(32-22-23-9-13-25(39-3)14-10-23)31-33-28-18-15-26(40-4)21-29(28)41-31/h9-18,21-22H,5-8,19-20H2,1-4H3/b32-22+. The molecule has 0 aliphatic heterocycles. The lowest BCUT2D eigenvalue weighted by Crippen LogP contribution is -2.33. The van der Waals surface area contributed by atoms with Crippen molar-refractivity contribution in [2.24, 2.45) is 5.10 Å². The summed E-state index contributed by atoms with van der Waals surface area (Å²) in [6.07, 6.45) is 4.94. The smallest absolute Gasteiger partial charge is 0.280 e. The Bertz CT molecular complexity index is 1610. The summed E-state index contributed by atoms with van der Waals surface area (Å²) in [7, 11) is -0.505. The number of carbonyl (C=O) groups is 1. The highest BCUT2D eigenvalue weighted by Crippen LogP contribution is 2.32. The molecule has 3 aromatic carbocycles. The van der Waals surface area contributed by atoms with Crippen molar-refractivity contribution in [2.75, 3.05) is 32.3 Å². The van der Waals surface area contributed by atoms with Gasteiger partial charge in [0.2, 0.25) is 15.2 Å². The number of thiazole rings is 1. The molecule has 0 saturated heterocycles. The highest BCUT2D eigenvalue weighted by molar-refractivity contribution is 7.89. The van der Waals surface area contributed by atoms with Crippen LogP contribution in [0.4, 0.5) is 5.13 Å². The normalized spacial score (nSPS) is 11.8. The second-order valence-corrected chi connectivity index (χ2v) is 12.5. The van der Waals surface area contributed by atoms with Crippen LogP contribution in [0, 0.1) is 0 Å². The molecule has 11 heteroatoms. The van der Waals surface area contributed by atoms with Gasteiger partial charge in [-0.15, -0.1) is 0 Å². The molecule has 0 saturated carbocycles. The SMILES string of the molecule is CCCCN(CCCC)S(=O)(=O)c1ccc(C(=O)N(/N=C/c2ccc(OC)cc2)c2nc3ccc(OC)cc3s2)cc1. The van der Waals surface area contributed by atoms with Crippen LogP contribution in [0.2, 0.25) is 0 Å². The average Bonchev–Trinajstić information content (AvgIpc) is 3.44. The summed E-state index contributed by atoms with van der Waals surface area (Å²) in [4.78, 5) is 18.6. The molecule has 1 heterocycles. The molecule has 222 valence electrons. The van der Waals surface area contributed by atoms with E-state index in [2.05, 4.69) is 10.1 Å². The van der Waals surface area contributed by atoms with E-state index in [1.807, 2.05) is 44.2 Å².